The fourth-order valence-electron chi connectivity index (χ4n) is 3.97. The van der Waals surface area contributed by atoms with Crippen LogP contribution >= 0.6 is 0 Å². The number of aromatic nitrogens is 3. The number of hydrogen-bond donors (Lipinski definition) is 3. The number of nitrogens with two attached hydrogens (primary N) is 1. The van der Waals surface area contributed by atoms with E-state index in [-0.39, 0.29) is 29.8 Å². The van der Waals surface area contributed by atoms with Crippen molar-refractivity contribution >= 4 is 28.5 Å². The van der Waals surface area contributed by atoms with Crippen molar-refractivity contribution in [3.05, 3.63) is 53.3 Å². The summed E-state index contributed by atoms with van der Waals surface area (Å²) in [6, 6.07) is 8.02. The van der Waals surface area contributed by atoms with Crippen LogP contribution in [0.2, 0.25) is 0 Å². The van der Waals surface area contributed by atoms with E-state index in [9.17, 15) is 9.59 Å². The number of amides is 2. The molecular formula is C23H28N6O2. The number of benzene rings is 1. The Morgan fingerprint density at radius 3 is 2.58 bits per heavy atom. The number of anilines is 1. The number of nitrogens with zero attached hydrogens (tertiary/aromatic N) is 3. The zero-order chi connectivity index (χ0) is 22.1. The molecule has 8 nitrogen and oxygen atoms in total. The average molecular weight is 421 g/mol. The molecular weight excluding hydrogens is 392 g/mol. The van der Waals surface area contributed by atoms with Gasteiger partial charge in [0.1, 0.15) is 0 Å². The predicted octanol–water partition coefficient (Wildman–Crippen LogP) is 2.93. The number of fused-ring (bicyclic) bond motifs is 1. The third-order valence-corrected chi connectivity index (χ3v) is 6.02. The third-order valence-electron chi connectivity index (χ3n) is 6.02. The largest absolute Gasteiger partial charge is 0.381 e. The van der Waals surface area contributed by atoms with Gasteiger partial charge in [0.25, 0.3) is 5.91 Å². The first-order valence-corrected chi connectivity index (χ1v) is 10.6. The molecule has 4 rings (SSSR count). The highest BCUT2D eigenvalue weighted by Crippen LogP contribution is 2.34. The number of pyridine rings is 1. The molecule has 162 valence electrons. The van der Waals surface area contributed by atoms with Crippen LogP contribution in [0.15, 0.2) is 36.7 Å². The minimum Gasteiger partial charge on any atom is -0.381 e. The topological polar surface area (TPSA) is 115 Å². The van der Waals surface area contributed by atoms with Crippen molar-refractivity contribution in [2.45, 2.75) is 52.2 Å². The Balaban J connectivity index is 1.62. The van der Waals surface area contributed by atoms with Crippen molar-refractivity contribution in [2.24, 2.45) is 11.7 Å². The summed E-state index contributed by atoms with van der Waals surface area (Å²) in [6.45, 7) is 6.67. The normalized spacial score (nSPS) is 18.9. The quantitative estimate of drug-likeness (QED) is 0.544. The number of carbonyl (C=O) groups excluding carboxylic acids is 2. The van der Waals surface area contributed by atoms with Crippen molar-refractivity contribution < 1.29 is 9.59 Å². The monoisotopic (exact) mass is 420 g/mol. The summed E-state index contributed by atoms with van der Waals surface area (Å²) < 4.78 is 1.80. The Morgan fingerprint density at radius 2 is 1.94 bits per heavy atom. The Kier molecular flexibility index (Phi) is 5.63. The van der Waals surface area contributed by atoms with Crippen LogP contribution in [0.25, 0.3) is 11.0 Å². The lowest BCUT2D eigenvalue weighted by Crippen LogP contribution is -2.42. The van der Waals surface area contributed by atoms with E-state index in [4.69, 9.17) is 5.73 Å². The number of carbonyl (C=O) groups is 2. The SMILES string of the molecule is CCn1ncc2c(NC3CC(C(N)=O)C3)c(C(=O)NC(C)c3ccc(C)cc3)cnc21. The van der Waals surface area contributed by atoms with E-state index >= 15 is 0 Å². The zero-order valence-electron chi connectivity index (χ0n) is 18.1. The lowest BCUT2D eigenvalue weighted by molar-refractivity contribution is -0.124. The average Bonchev–Trinajstić information content (AvgIpc) is 3.13. The molecule has 0 bridgehead atoms. The molecule has 1 saturated carbocycles. The molecule has 8 heteroatoms. The van der Waals surface area contributed by atoms with E-state index in [1.54, 1.807) is 17.1 Å². The summed E-state index contributed by atoms with van der Waals surface area (Å²) in [5, 5.41) is 11.7. The maximum Gasteiger partial charge on any atom is 0.255 e. The summed E-state index contributed by atoms with van der Waals surface area (Å²) in [5.74, 6) is -0.603. The maximum atomic E-state index is 13.2. The lowest BCUT2D eigenvalue weighted by atomic mass is 9.79. The van der Waals surface area contributed by atoms with E-state index in [0.29, 0.717) is 30.6 Å². The van der Waals surface area contributed by atoms with Gasteiger partial charge < -0.3 is 16.4 Å². The molecule has 1 aliphatic carbocycles. The van der Waals surface area contributed by atoms with Gasteiger partial charge in [0.15, 0.2) is 5.65 Å². The van der Waals surface area contributed by atoms with Gasteiger partial charge in [-0.1, -0.05) is 29.8 Å². The highest BCUT2D eigenvalue weighted by atomic mass is 16.2. The van der Waals surface area contributed by atoms with Crippen molar-refractivity contribution in [3.8, 4) is 0 Å². The van der Waals surface area contributed by atoms with Gasteiger partial charge in [0.05, 0.1) is 28.9 Å². The third kappa shape index (κ3) is 4.10. The van der Waals surface area contributed by atoms with Crippen LogP contribution in [0.5, 0.6) is 0 Å². The molecule has 4 N–H and O–H groups in total. The van der Waals surface area contributed by atoms with E-state index in [2.05, 4.69) is 20.7 Å². The number of hydrogen-bond acceptors (Lipinski definition) is 5. The molecule has 2 aromatic heterocycles. The molecule has 1 unspecified atom stereocenters. The first kappa shape index (κ1) is 20.8. The molecule has 3 aromatic rings. The maximum absolute atomic E-state index is 13.2. The smallest absolute Gasteiger partial charge is 0.255 e. The van der Waals surface area contributed by atoms with Gasteiger partial charge >= 0.3 is 0 Å². The molecule has 1 aliphatic rings. The van der Waals surface area contributed by atoms with Crippen LogP contribution in [0.1, 0.15) is 54.2 Å². The minimum atomic E-state index is -0.276. The molecule has 1 fully saturated rings. The lowest BCUT2D eigenvalue weighted by Gasteiger charge is -2.35. The highest BCUT2D eigenvalue weighted by Gasteiger charge is 2.34. The fraction of sp³-hybridized carbons (Fsp3) is 0.391. The van der Waals surface area contributed by atoms with Gasteiger partial charge in [-0.15, -0.1) is 0 Å². The van der Waals surface area contributed by atoms with Gasteiger partial charge in [0.2, 0.25) is 5.91 Å². The molecule has 2 amide bonds. The van der Waals surface area contributed by atoms with E-state index < -0.39 is 0 Å². The first-order valence-electron chi connectivity index (χ1n) is 10.6. The minimum absolute atomic E-state index is 0.0779. The van der Waals surface area contributed by atoms with Gasteiger partial charge in [-0.05, 0) is 39.2 Å². The number of nitrogens with one attached hydrogen (secondary N) is 2. The molecule has 0 radical (unpaired) electrons. The molecule has 1 atom stereocenters. The molecule has 1 aromatic carbocycles. The van der Waals surface area contributed by atoms with Crippen LogP contribution in [0.4, 0.5) is 5.69 Å². The fourth-order valence-corrected chi connectivity index (χ4v) is 3.97. The molecule has 31 heavy (non-hydrogen) atoms. The van der Waals surface area contributed by atoms with Crippen molar-refractivity contribution in [3.63, 3.8) is 0 Å². The van der Waals surface area contributed by atoms with Crippen LogP contribution < -0.4 is 16.4 Å². The van der Waals surface area contributed by atoms with Crippen LogP contribution in [-0.4, -0.2) is 32.6 Å². The summed E-state index contributed by atoms with van der Waals surface area (Å²) in [5.41, 5.74) is 9.50. The summed E-state index contributed by atoms with van der Waals surface area (Å²) in [6.07, 6.45) is 4.64. The summed E-state index contributed by atoms with van der Waals surface area (Å²) in [7, 11) is 0. The molecule has 0 aliphatic heterocycles. The summed E-state index contributed by atoms with van der Waals surface area (Å²) in [4.78, 5) is 29.1. The van der Waals surface area contributed by atoms with Gasteiger partial charge in [-0.2, -0.15) is 5.10 Å². The second-order valence-electron chi connectivity index (χ2n) is 8.26. The Bertz CT molecular complexity index is 1120. The standard InChI is InChI=1S/C23H28N6O2/c1-4-29-22-18(12-26-29)20(28-17-9-16(10-17)21(24)30)19(11-25-22)23(31)27-14(3)15-7-5-13(2)6-8-15/h5-8,11-12,14,16-17H,4,9-10H2,1-3H3,(H2,24,30)(H,25,28)(H,27,31). The first-order chi connectivity index (χ1) is 14.9. The molecule has 0 saturated heterocycles. The second-order valence-corrected chi connectivity index (χ2v) is 8.26. The van der Waals surface area contributed by atoms with Crippen molar-refractivity contribution in [1.82, 2.24) is 20.1 Å². The van der Waals surface area contributed by atoms with E-state index in [1.165, 1.54) is 5.56 Å². The van der Waals surface area contributed by atoms with Crippen LogP contribution in [-0.2, 0) is 11.3 Å². The molecule has 2 heterocycles. The Morgan fingerprint density at radius 1 is 1.23 bits per heavy atom. The zero-order valence-corrected chi connectivity index (χ0v) is 18.1. The van der Waals surface area contributed by atoms with Gasteiger partial charge in [-0.3, -0.25) is 9.59 Å². The number of aryl methyl sites for hydroxylation is 2. The summed E-state index contributed by atoms with van der Waals surface area (Å²) >= 11 is 0. The van der Waals surface area contributed by atoms with Gasteiger partial charge in [-0.25, -0.2) is 9.67 Å². The molecule has 0 spiro atoms. The second kappa shape index (κ2) is 8.37. The van der Waals surface area contributed by atoms with Crippen molar-refractivity contribution in [2.75, 3.05) is 5.32 Å². The predicted molar refractivity (Wildman–Crippen MR) is 120 cm³/mol. The number of rotatable bonds is 7. The number of primary amides is 1. The Labute approximate surface area is 181 Å². The van der Waals surface area contributed by atoms with Crippen molar-refractivity contribution in [1.29, 1.82) is 0 Å². The van der Waals surface area contributed by atoms with Crippen LogP contribution in [0.3, 0.4) is 0 Å². The van der Waals surface area contributed by atoms with E-state index in [0.717, 1.165) is 16.6 Å². The highest BCUT2D eigenvalue weighted by molar-refractivity contribution is 6.06. The van der Waals surface area contributed by atoms with Crippen LogP contribution in [0, 0.1) is 12.8 Å². The van der Waals surface area contributed by atoms with Gasteiger partial charge in [0, 0.05) is 24.7 Å². The van der Waals surface area contributed by atoms with E-state index in [1.807, 2.05) is 45.0 Å². The Hall–Kier alpha value is -3.42.